The standard InChI is InChI=1S/C33H40N2O5/c1-21(2)40-32-19-26-24(18-31(32)39-5)14-15-35(28(26)16-22-10-13-29(37-3)30(17-22)38-4)20-33(36)34-27-12-11-23-8-6-7-9-25(23)27/h6-10,13,17-19,21,27-28H,11-12,14-16,20H2,1-5H3,(H,34,36)/t27-,28?/m1/s1. The number of nitrogens with zero attached hydrogens (tertiary/aromatic N) is 1. The molecule has 1 aliphatic heterocycles. The topological polar surface area (TPSA) is 69.3 Å². The van der Waals surface area contributed by atoms with Crippen LogP contribution < -0.4 is 24.3 Å². The Labute approximate surface area is 237 Å². The zero-order valence-electron chi connectivity index (χ0n) is 24.2. The first kappa shape index (κ1) is 27.8. The highest BCUT2D eigenvalue weighted by Crippen LogP contribution is 2.41. The first-order chi connectivity index (χ1) is 19.4. The second-order valence-electron chi connectivity index (χ2n) is 10.9. The average molecular weight is 545 g/mol. The maximum absolute atomic E-state index is 13.4. The van der Waals surface area contributed by atoms with Crippen molar-refractivity contribution in [2.24, 2.45) is 0 Å². The molecule has 0 saturated heterocycles. The minimum atomic E-state index is -0.0242. The molecule has 3 aromatic rings. The molecular formula is C33H40N2O5. The number of hydrogen-bond donors (Lipinski definition) is 1. The van der Waals surface area contributed by atoms with Gasteiger partial charge in [0.15, 0.2) is 23.0 Å². The van der Waals surface area contributed by atoms with Crippen molar-refractivity contribution in [1.29, 1.82) is 0 Å². The fraction of sp³-hybridized carbons (Fsp3) is 0.424. The predicted octanol–water partition coefficient (Wildman–Crippen LogP) is 5.45. The van der Waals surface area contributed by atoms with E-state index in [0.29, 0.717) is 24.5 Å². The summed E-state index contributed by atoms with van der Waals surface area (Å²) in [6, 6.07) is 18.7. The molecule has 40 heavy (non-hydrogen) atoms. The van der Waals surface area contributed by atoms with Crippen LogP contribution in [-0.4, -0.2) is 51.3 Å². The quantitative estimate of drug-likeness (QED) is 0.366. The zero-order valence-corrected chi connectivity index (χ0v) is 24.2. The molecule has 1 N–H and O–H groups in total. The molecule has 0 spiro atoms. The Morgan fingerprint density at radius 1 is 0.875 bits per heavy atom. The van der Waals surface area contributed by atoms with Crippen LogP contribution in [0.5, 0.6) is 23.0 Å². The molecule has 5 rings (SSSR count). The number of fused-ring (bicyclic) bond motifs is 2. The highest BCUT2D eigenvalue weighted by atomic mass is 16.5. The highest BCUT2D eigenvalue weighted by Gasteiger charge is 2.32. The number of methoxy groups -OCH3 is 3. The van der Waals surface area contributed by atoms with Crippen LogP contribution in [0.4, 0.5) is 0 Å². The minimum Gasteiger partial charge on any atom is -0.493 e. The fourth-order valence-electron chi connectivity index (χ4n) is 6.06. The summed E-state index contributed by atoms with van der Waals surface area (Å²) in [7, 11) is 4.97. The zero-order chi connectivity index (χ0) is 28.2. The Kier molecular flexibility index (Phi) is 8.50. The van der Waals surface area contributed by atoms with Crippen molar-refractivity contribution in [2.45, 2.75) is 57.7 Å². The van der Waals surface area contributed by atoms with E-state index < -0.39 is 0 Å². The van der Waals surface area contributed by atoms with Gasteiger partial charge in [-0.15, -0.1) is 0 Å². The largest absolute Gasteiger partial charge is 0.493 e. The van der Waals surface area contributed by atoms with Gasteiger partial charge >= 0.3 is 0 Å². The van der Waals surface area contributed by atoms with Gasteiger partial charge in [0.05, 0.1) is 40.0 Å². The van der Waals surface area contributed by atoms with Crippen LogP contribution in [0.15, 0.2) is 54.6 Å². The van der Waals surface area contributed by atoms with Crippen LogP contribution >= 0.6 is 0 Å². The summed E-state index contributed by atoms with van der Waals surface area (Å²) in [5.41, 5.74) is 6.06. The molecule has 1 amide bonds. The van der Waals surface area contributed by atoms with Gasteiger partial charge in [0.1, 0.15) is 0 Å². The van der Waals surface area contributed by atoms with E-state index in [2.05, 4.69) is 52.7 Å². The maximum Gasteiger partial charge on any atom is 0.234 e. The Bertz CT molecular complexity index is 1350. The third-order valence-electron chi connectivity index (χ3n) is 7.95. The molecule has 0 radical (unpaired) electrons. The van der Waals surface area contributed by atoms with Crippen LogP contribution in [0.1, 0.15) is 60.2 Å². The highest BCUT2D eigenvalue weighted by molar-refractivity contribution is 5.79. The van der Waals surface area contributed by atoms with Gasteiger partial charge in [-0.3, -0.25) is 9.69 Å². The van der Waals surface area contributed by atoms with Crippen molar-refractivity contribution in [1.82, 2.24) is 10.2 Å². The third-order valence-corrected chi connectivity index (χ3v) is 7.95. The van der Waals surface area contributed by atoms with Crippen LogP contribution in [0.2, 0.25) is 0 Å². The minimum absolute atomic E-state index is 0.0102. The van der Waals surface area contributed by atoms with Crippen molar-refractivity contribution in [2.75, 3.05) is 34.4 Å². The SMILES string of the molecule is COc1ccc(CC2c3cc(OC(C)C)c(OC)cc3CCN2CC(=O)N[C@@H]2CCc3ccccc32)cc1OC. The molecule has 0 bridgehead atoms. The summed E-state index contributed by atoms with van der Waals surface area (Å²) in [6.07, 6.45) is 3.49. The molecule has 2 aliphatic rings. The number of nitrogens with one attached hydrogen (secondary N) is 1. The van der Waals surface area contributed by atoms with E-state index in [1.165, 1.54) is 16.7 Å². The van der Waals surface area contributed by atoms with Crippen LogP contribution in [0.25, 0.3) is 0 Å². The average Bonchev–Trinajstić information content (AvgIpc) is 3.36. The number of hydrogen-bond acceptors (Lipinski definition) is 6. The van der Waals surface area contributed by atoms with Gasteiger partial charge in [-0.1, -0.05) is 30.3 Å². The number of ether oxygens (including phenoxy) is 4. The summed E-state index contributed by atoms with van der Waals surface area (Å²) in [6.45, 7) is 5.12. The summed E-state index contributed by atoms with van der Waals surface area (Å²) >= 11 is 0. The van der Waals surface area contributed by atoms with E-state index in [1.54, 1.807) is 21.3 Å². The van der Waals surface area contributed by atoms with Gasteiger partial charge in [0, 0.05) is 12.6 Å². The Hall–Kier alpha value is -3.71. The number of carbonyl (C=O) groups is 1. The van der Waals surface area contributed by atoms with Crippen molar-refractivity contribution < 1.29 is 23.7 Å². The Morgan fingerprint density at radius 2 is 1.62 bits per heavy atom. The molecule has 1 heterocycles. The monoisotopic (exact) mass is 544 g/mol. The van der Waals surface area contributed by atoms with Crippen molar-refractivity contribution in [3.63, 3.8) is 0 Å². The second kappa shape index (κ2) is 12.2. The summed E-state index contributed by atoms with van der Waals surface area (Å²) < 4.78 is 22.9. The molecule has 0 fully saturated rings. The smallest absolute Gasteiger partial charge is 0.234 e. The van der Waals surface area contributed by atoms with E-state index >= 15 is 0 Å². The Balaban J connectivity index is 1.44. The normalized spacial score (nSPS) is 18.1. The van der Waals surface area contributed by atoms with Crippen LogP contribution in [0.3, 0.4) is 0 Å². The molecule has 1 aliphatic carbocycles. The number of amides is 1. The molecule has 1 unspecified atom stereocenters. The fourth-order valence-corrected chi connectivity index (χ4v) is 6.06. The third kappa shape index (κ3) is 5.89. The predicted molar refractivity (Wildman–Crippen MR) is 156 cm³/mol. The maximum atomic E-state index is 13.4. The molecule has 0 saturated carbocycles. The van der Waals surface area contributed by atoms with Gasteiger partial charge in [0.25, 0.3) is 0 Å². The molecule has 2 atom stereocenters. The molecule has 0 aromatic heterocycles. The number of aryl methyl sites for hydroxylation is 1. The van der Waals surface area contributed by atoms with Gasteiger partial charge in [-0.25, -0.2) is 0 Å². The number of rotatable bonds is 10. The van der Waals surface area contributed by atoms with E-state index in [9.17, 15) is 4.79 Å². The van der Waals surface area contributed by atoms with Crippen molar-refractivity contribution in [3.8, 4) is 23.0 Å². The number of carbonyl (C=O) groups excluding carboxylic acids is 1. The van der Waals surface area contributed by atoms with Gasteiger partial charge < -0.3 is 24.3 Å². The van der Waals surface area contributed by atoms with Gasteiger partial charge in [0.2, 0.25) is 5.91 Å². The van der Waals surface area contributed by atoms with Gasteiger partial charge in [-0.05, 0) is 91.6 Å². The van der Waals surface area contributed by atoms with E-state index in [1.807, 2.05) is 26.0 Å². The molecule has 7 nitrogen and oxygen atoms in total. The van der Waals surface area contributed by atoms with Crippen molar-refractivity contribution >= 4 is 5.91 Å². The molecule has 212 valence electrons. The summed E-state index contributed by atoms with van der Waals surface area (Å²) in [5.74, 6) is 2.90. The van der Waals surface area contributed by atoms with Crippen molar-refractivity contribution in [3.05, 3.63) is 82.4 Å². The lowest BCUT2D eigenvalue weighted by Crippen LogP contribution is -2.44. The molecular weight excluding hydrogens is 504 g/mol. The summed E-state index contributed by atoms with van der Waals surface area (Å²) in [5, 5.41) is 3.32. The lowest BCUT2D eigenvalue weighted by Gasteiger charge is -2.38. The van der Waals surface area contributed by atoms with E-state index in [0.717, 1.165) is 48.4 Å². The lowest BCUT2D eigenvalue weighted by atomic mass is 9.88. The lowest BCUT2D eigenvalue weighted by molar-refractivity contribution is -0.123. The van der Waals surface area contributed by atoms with Crippen LogP contribution in [0, 0.1) is 0 Å². The number of benzene rings is 3. The van der Waals surface area contributed by atoms with E-state index in [4.69, 9.17) is 18.9 Å². The first-order valence-corrected chi connectivity index (χ1v) is 14.1. The first-order valence-electron chi connectivity index (χ1n) is 14.1. The van der Waals surface area contributed by atoms with E-state index in [-0.39, 0.29) is 24.1 Å². The van der Waals surface area contributed by atoms with Gasteiger partial charge in [-0.2, -0.15) is 0 Å². The molecule has 7 heteroatoms. The molecule has 3 aromatic carbocycles. The summed E-state index contributed by atoms with van der Waals surface area (Å²) in [4.78, 5) is 15.7. The Morgan fingerprint density at radius 3 is 2.38 bits per heavy atom. The second-order valence-corrected chi connectivity index (χ2v) is 10.9. The van der Waals surface area contributed by atoms with Crippen LogP contribution in [-0.2, 0) is 24.1 Å².